The number of benzene rings is 2. The second-order valence-electron chi connectivity index (χ2n) is 5.15. The van der Waals surface area contributed by atoms with E-state index in [4.69, 9.17) is 11.6 Å². The Balaban J connectivity index is 1.71. The fourth-order valence-electron chi connectivity index (χ4n) is 2.10. The Hall–Kier alpha value is -2.92. The average molecular weight is 339 g/mol. The Labute approximate surface area is 144 Å². The molecule has 3 rings (SSSR count). The van der Waals surface area contributed by atoms with E-state index in [1.54, 1.807) is 0 Å². The molecule has 3 aromatic rings. The lowest BCUT2D eigenvalue weighted by Gasteiger charge is -2.09. The van der Waals surface area contributed by atoms with Gasteiger partial charge in [-0.3, -0.25) is 4.79 Å². The summed E-state index contributed by atoms with van der Waals surface area (Å²) < 4.78 is 0. The number of anilines is 3. The van der Waals surface area contributed by atoms with E-state index < -0.39 is 0 Å². The quantitative estimate of drug-likeness (QED) is 0.738. The first kappa shape index (κ1) is 16.0. The first-order chi connectivity index (χ1) is 11.6. The minimum atomic E-state index is -0.258. The number of para-hydroxylation sites is 1. The minimum Gasteiger partial charge on any atom is -0.324 e. The van der Waals surface area contributed by atoms with E-state index in [-0.39, 0.29) is 5.91 Å². The summed E-state index contributed by atoms with van der Waals surface area (Å²) in [5, 5.41) is 6.54. The lowest BCUT2D eigenvalue weighted by molar-refractivity contribution is 0.102. The Kier molecular flexibility index (Phi) is 4.72. The molecule has 0 aliphatic carbocycles. The minimum absolute atomic E-state index is 0.258. The Bertz CT molecular complexity index is 851. The molecular weight excluding hydrogens is 324 g/mol. The molecule has 1 aromatic heterocycles. The van der Waals surface area contributed by atoms with Crippen LogP contribution in [-0.4, -0.2) is 15.9 Å². The number of rotatable bonds is 4. The van der Waals surface area contributed by atoms with Gasteiger partial charge in [-0.1, -0.05) is 35.9 Å². The number of halogens is 1. The third-order valence-electron chi connectivity index (χ3n) is 3.46. The van der Waals surface area contributed by atoms with Crippen LogP contribution in [0.2, 0.25) is 5.02 Å². The first-order valence-electron chi connectivity index (χ1n) is 7.34. The molecule has 0 saturated heterocycles. The van der Waals surface area contributed by atoms with Crippen LogP contribution in [0.15, 0.2) is 60.9 Å². The fourth-order valence-corrected chi connectivity index (χ4v) is 2.27. The van der Waals surface area contributed by atoms with Gasteiger partial charge in [0.15, 0.2) is 0 Å². The number of amides is 1. The molecule has 2 N–H and O–H groups in total. The van der Waals surface area contributed by atoms with Crippen LogP contribution >= 0.6 is 11.6 Å². The van der Waals surface area contributed by atoms with Crippen molar-refractivity contribution in [3.05, 3.63) is 77.1 Å². The van der Waals surface area contributed by atoms with Crippen LogP contribution in [0.25, 0.3) is 0 Å². The van der Waals surface area contributed by atoms with Gasteiger partial charge in [-0.05, 0) is 36.8 Å². The van der Waals surface area contributed by atoms with Gasteiger partial charge < -0.3 is 10.6 Å². The van der Waals surface area contributed by atoms with Gasteiger partial charge in [0.05, 0.1) is 5.56 Å². The molecule has 6 heteroatoms. The molecule has 0 radical (unpaired) electrons. The zero-order chi connectivity index (χ0) is 16.9. The van der Waals surface area contributed by atoms with Crippen LogP contribution in [0.1, 0.15) is 15.9 Å². The van der Waals surface area contributed by atoms with Crippen LogP contribution in [-0.2, 0) is 0 Å². The standard InChI is InChI=1S/C18H15ClN4O/c1-12-15(19)8-5-9-16(12)23-18-20-10-13(11-21-18)17(24)22-14-6-3-2-4-7-14/h2-11H,1H3,(H,22,24)(H,20,21,23). The molecule has 0 atom stereocenters. The maximum Gasteiger partial charge on any atom is 0.258 e. The van der Waals surface area contributed by atoms with Gasteiger partial charge in [0.25, 0.3) is 5.91 Å². The summed E-state index contributed by atoms with van der Waals surface area (Å²) in [6, 6.07) is 14.8. The second-order valence-corrected chi connectivity index (χ2v) is 5.56. The molecule has 1 heterocycles. The maximum atomic E-state index is 12.2. The third kappa shape index (κ3) is 3.70. The molecule has 0 spiro atoms. The van der Waals surface area contributed by atoms with Crippen molar-refractivity contribution in [1.29, 1.82) is 0 Å². The van der Waals surface area contributed by atoms with Gasteiger partial charge in [0, 0.05) is 28.8 Å². The SMILES string of the molecule is Cc1c(Cl)cccc1Nc1ncc(C(=O)Nc2ccccc2)cn1. The van der Waals surface area contributed by atoms with E-state index in [1.807, 2.05) is 55.5 Å². The zero-order valence-corrected chi connectivity index (χ0v) is 13.7. The highest BCUT2D eigenvalue weighted by Gasteiger charge is 2.09. The molecule has 0 saturated carbocycles. The summed E-state index contributed by atoms with van der Waals surface area (Å²) in [6.07, 6.45) is 2.96. The lowest BCUT2D eigenvalue weighted by atomic mass is 10.2. The lowest BCUT2D eigenvalue weighted by Crippen LogP contribution is -2.13. The van der Waals surface area contributed by atoms with E-state index in [1.165, 1.54) is 12.4 Å². The van der Waals surface area contributed by atoms with E-state index in [0.717, 1.165) is 16.9 Å². The van der Waals surface area contributed by atoms with Crippen molar-refractivity contribution in [2.24, 2.45) is 0 Å². The molecule has 0 bridgehead atoms. The normalized spacial score (nSPS) is 10.2. The molecule has 120 valence electrons. The number of carbonyl (C=O) groups excluding carboxylic acids is 1. The summed E-state index contributed by atoms with van der Waals surface area (Å²) in [6.45, 7) is 1.91. The molecular formula is C18H15ClN4O. The number of hydrogen-bond acceptors (Lipinski definition) is 4. The summed E-state index contributed by atoms with van der Waals surface area (Å²) >= 11 is 6.09. The van der Waals surface area contributed by atoms with Crippen LogP contribution in [0.5, 0.6) is 0 Å². The second kappa shape index (κ2) is 7.10. The molecule has 2 aromatic carbocycles. The topological polar surface area (TPSA) is 66.9 Å². The highest BCUT2D eigenvalue weighted by atomic mass is 35.5. The van der Waals surface area contributed by atoms with Gasteiger partial charge in [0.2, 0.25) is 5.95 Å². The van der Waals surface area contributed by atoms with Gasteiger partial charge in [-0.25, -0.2) is 9.97 Å². The highest BCUT2D eigenvalue weighted by Crippen LogP contribution is 2.24. The number of nitrogens with zero attached hydrogens (tertiary/aromatic N) is 2. The van der Waals surface area contributed by atoms with Crippen molar-refractivity contribution in [3.63, 3.8) is 0 Å². The average Bonchev–Trinajstić information content (AvgIpc) is 2.60. The van der Waals surface area contributed by atoms with Crippen molar-refractivity contribution in [2.75, 3.05) is 10.6 Å². The van der Waals surface area contributed by atoms with Crippen molar-refractivity contribution in [1.82, 2.24) is 9.97 Å². The van der Waals surface area contributed by atoms with Crippen LogP contribution in [0, 0.1) is 6.92 Å². The van der Waals surface area contributed by atoms with Gasteiger partial charge in [-0.2, -0.15) is 0 Å². The smallest absolute Gasteiger partial charge is 0.258 e. The largest absolute Gasteiger partial charge is 0.324 e. The van der Waals surface area contributed by atoms with Crippen molar-refractivity contribution in [3.8, 4) is 0 Å². The molecule has 0 fully saturated rings. The highest BCUT2D eigenvalue weighted by molar-refractivity contribution is 6.31. The van der Waals surface area contributed by atoms with Gasteiger partial charge in [0.1, 0.15) is 0 Å². The molecule has 24 heavy (non-hydrogen) atoms. The molecule has 0 aliphatic heterocycles. The summed E-state index contributed by atoms with van der Waals surface area (Å²) in [5.41, 5.74) is 2.84. The Morgan fingerprint density at radius 2 is 1.71 bits per heavy atom. The molecule has 0 unspecified atom stereocenters. The van der Waals surface area contributed by atoms with Crippen molar-refractivity contribution >= 4 is 34.8 Å². The molecule has 5 nitrogen and oxygen atoms in total. The number of nitrogens with one attached hydrogen (secondary N) is 2. The molecule has 1 amide bonds. The third-order valence-corrected chi connectivity index (χ3v) is 3.87. The fraction of sp³-hybridized carbons (Fsp3) is 0.0556. The first-order valence-corrected chi connectivity index (χ1v) is 7.72. The van der Waals surface area contributed by atoms with E-state index in [9.17, 15) is 4.79 Å². The predicted molar refractivity (Wildman–Crippen MR) is 95.9 cm³/mol. The Morgan fingerprint density at radius 3 is 2.42 bits per heavy atom. The predicted octanol–water partition coefficient (Wildman–Crippen LogP) is 4.43. The van der Waals surface area contributed by atoms with E-state index in [0.29, 0.717) is 16.5 Å². The Morgan fingerprint density at radius 1 is 1.00 bits per heavy atom. The van der Waals surface area contributed by atoms with Crippen LogP contribution < -0.4 is 10.6 Å². The monoisotopic (exact) mass is 338 g/mol. The van der Waals surface area contributed by atoms with Crippen molar-refractivity contribution < 1.29 is 4.79 Å². The van der Waals surface area contributed by atoms with Crippen molar-refractivity contribution in [2.45, 2.75) is 6.92 Å². The van der Waals surface area contributed by atoms with Crippen LogP contribution in [0.3, 0.4) is 0 Å². The summed E-state index contributed by atoms with van der Waals surface area (Å²) in [7, 11) is 0. The summed E-state index contributed by atoms with van der Waals surface area (Å²) in [4.78, 5) is 20.5. The number of carbonyl (C=O) groups is 1. The van der Waals surface area contributed by atoms with Gasteiger partial charge in [-0.15, -0.1) is 0 Å². The van der Waals surface area contributed by atoms with Gasteiger partial charge >= 0.3 is 0 Å². The maximum absolute atomic E-state index is 12.2. The molecule has 0 aliphatic rings. The number of aromatic nitrogens is 2. The zero-order valence-electron chi connectivity index (χ0n) is 13.0. The number of hydrogen-bond donors (Lipinski definition) is 2. The summed E-state index contributed by atoms with van der Waals surface area (Å²) in [5.74, 6) is 0.142. The van der Waals surface area contributed by atoms with E-state index in [2.05, 4.69) is 20.6 Å². The van der Waals surface area contributed by atoms with E-state index >= 15 is 0 Å². The van der Waals surface area contributed by atoms with Crippen LogP contribution in [0.4, 0.5) is 17.3 Å².